The Bertz CT molecular complexity index is 257. The lowest BCUT2D eigenvalue weighted by atomic mass is 10.7. The highest BCUT2D eigenvalue weighted by atomic mass is 32.2. The number of hydrogen-bond donors (Lipinski definition) is 1. The molecule has 12 heavy (non-hydrogen) atoms. The number of hydrogen-bond acceptors (Lipinski definition) is 6. The molecule has 7 heteroatoms. The minimum absolute atomic E-state index is 0.433. The largest absolute Gasteiger partial charge is 0.366 e. The van der Waals surface area contributed by atoms with Crippen LogP contribution in [-0.2, 0) is 24.1 Å². The summed E-state index contributed by atoms with van der Waals surface area (Å²) in [4.78, 5) is 14.1. The molecule has 0 aromatic rings. The second-order valence-electron chi connectivity index (χ2n) is 1.73. The van der Waals surface area contributed by atoms with E-state index < -0.39 is 22.0 Å². The molecule has 0 rings (SSSR count). The fourth-order valence-corrected chi connectivity index (χ4v) is 0.893. The zero-order chi connectivity index (χ0) is 9.61. The summed E-state index contributed by atoms with van der Waals surface area (Å²) < 4.78 is 25.1. The molecule has 0 aromatic heterocycles. The van der Waals surface area contributed by atoms with Gasteiger partial charge in [0, 0.05) is 6.08 Å². The van der Waals surface area contributed by atoms with Crippen molar-refractivity contribution in [3.05, 3.63) is 12.7 Å². The molecule has 0 bridgehead atoms. The van der Waals surface area contributed by atoms with Gasteiger partial charge in [-0.05, 0) is 7.05 Å². The van der Waals surface area contributed by atoms with Gasteiger partial charge in [-0.25, -0.2) is 4.79 Å². The summed E-state index contributed by atoms with van der Waals surface area (Å²) in [5.41, 5.74) is 0. The third-order valence-electron chi connectivity index (χ3n) is 0.708. The van der Waals surface area contributed by atoms with Gasteiger partial charge < -0.3 is 5.32 Å². The van der Waals surface area contributed by atoms with Crippen LogP contribution in [0, 0.1) is 0 Å². The van der Waals surface area contributed by atoms with E-state index in [1.165, 1.54) is 7.05 Å². The summed E-state index contributed by atoms with van der Waals surface area (Å²) in [5.74, 6) is -1.40. The lowest BCUT2D eigenvalue weighted by Gasteiger charge is -2.00. The first kappa shape index (κ1) is 11.1. The van der Waals surface area contributed by atoms with Crippen LogP contribution in [0.15, 0.2) is 12.7 Å². The van der Waals surface area contributed by atoms with Gasteiger partial charge in [-0.1, -0.05) is 10.9 Å². The van der Waals surface area contributed by atoms with Crippen LogP contribution in [0.25, 0.3) is 0 Å². The second-order valence-corrected chi connectivity index (χ2v) is 3.27. The Labute approximate surface area is 70.2 Å². The lowest BCUT2D eigenvalue weighted by Crippen LogP contribution is -2.22. The Kier molecular flexibility index (Phi) is 4.49. The summed E-state index contributed by atoms with van der Waals surface area (Å²) in [6.07, 6.45) is 0.787. The van der Waals surface area contributed by atoms with Crippen LogP contribution < -0.4 is 5.32 Å². The number of rotatable bonds is 5. The minimum atomic E-state index is -3.84. The van der Waals surface area contributed by atoms with Crippen LogP contribution >= 0.6 is 0 Å². The van der Waals surface area contributed by atoms with E-state index in [2.05, 4.69) is 21.1 Å². The fourth-order valence-electron chi connectivity index (χ4n) is 0.320. The molecule has 0 aromatic carbocycles. The van der Waals surface area contributed by atoms with Crippen LogP contribution in [0.1, 0.15) is 0 Å². The highest BCUT2D eigenvalue weighted by Crippen LogP contribution is 1.92. The predicted molar refractivity (Wildman–Crippen MR) is 40.2 cm³/mol. The molecule has 0 atom stereocenters. The van der Waals surface area contributed by atoms with E-state index >= 15 is 0 Å². The highest BCUT2D eigenvalue weighted by molar-refractivity contribution is 7.86. The van der Waals surface area contributed by atoms with E-state index in [1.54, 1.807) is 0 Å². The molecule has 0 saturated carbocycles. The predicted octanol–water partition coefficient (Wildman–Crippen LogP) is -0.846. The third kappa shape index (κ3) is 4.83. The minimum Gasteiger partial charge on any atom is -0.305 e. The van der Waals surface area contributed by atoms with Gasteiger partial charge in [-0.2, -0.15) is 8.42 Å². The molecule has 1 N–H and O–H groups in total. The third-order valence-corrected chi connectivity index (χ3v) is 1.63. The fraction of sp³-hybridized carbons (Fsp3) is 0.400. The van der Waals surface area contributed by atoms with Crippen LogP contribution in [0.3, 0.4) is 0 Å². The van der Waals surface area contributed by atoms with Gasteiger partial charge in [0.1, 0.15) is 5.88 Å². The van der Waals surface area contributed by atoms with Gasteiger partial charge in [0.05, 0.1) is 0 Å². The maximum absolute atomic E-state index is 10.7. The van der Waals surface area contributed by atoms with Crippen molar-refractivity contribution >= 4 is 16.1 Å². The van der Waals surface area contributed by atoms with Crippen molar-refractivity contribution in [1.82, 2.24) is 5.32 Å². The van der Waals surface area contributed by atoms with Crippen molar-refractivity contribution in [2.24, 2.45) is 0 Å². The first-order chi connectivity index (χ1) is 5.52. The summed E-state index contributed by atoms with van der Waals surface area (Å²) in [7, 11) is -2.43. The SMILES string of the molecule is C=CC(=O)OOS(=O)(=O)CNC. The van der Waals surface area contributed by atoms with E-state index in [0.717, 1.165) is 6.08 Å². The van der Waals surface area contributed by atoms with Gasteiger partial charge in [0.15, 0.2) is 0 Å². The number of carbonyl (C=O) groups is 1. The topological polar surface area (TPSA) is 81.7 Å². The quantitative estimate of drug-likeness (QED) is 0.350. The standard InChI is InChI=1S/C5H9NO5S/c1-3-5(7)10-11-12(8,9)4-6-2/h3,6H,1,4H2,2H3. The summed E-state index contributed by atoms with van der Waals surface area (Å²) in [6, 6.07) is 0. The average Bonchev–Trinajstić information content (AvgIpc) is 2.00. The molecule has 0 fully saturated rings. The molecular weight excluding hydrogens is 186 g/mol. The molecule has 0 aliphatic rings. The zero-order valence-electron chi connectivity index (χ0n) is 6.44. The van der Waals surface area contributed by atoms with Crippen molar-refractivity contribution in [3.63, 3.8) is 0 Å². The zero-order valence-corrected chi connectivity index (χ0v) is 7.26. The molecule has 0 aliphatic carbocycles. The molecule has 0 spiro atoms. The van der Waals surface area contributed by atoms with Crippen LogP contribution in [0.2, 0.25) is 0 Å². The molecule has 0 aliphatic heterocycles. The lowest BCUT2D eigenvalue weighted by molar-refractivity contribution is -0.204. The highest BCUT2D eigenvalue weighted by Gasteiger charge is 2.12. The second kappa shape index (κ2) is 4.86. The van der Waals surface area contributed by atoms with E-state index in [4.69, 9.17) is 0 Å². The van der Waals surface area contributed by atoms with Gasteiger partial charge in [-0.3, -0.25) is 4.89 Å². The maximum atomic E-state index is 10.7. The van der Waals surface area contributed by atoms with Crippen LogP contribution in [0.5, 0.6) is 0 Å². The van der Waals surface area contributed by atoms with Gasteiger partial charge in [-0.15, -0.1) is 0 Å². The first-order valence-corrected chi connectivity index (χ1v) is 4.49. The van der Waals surface area contributed by atoms with E-state index in [1.807, 2.05) is 0 Å². The van der Waals surface area contributed by atoms with Crippen LogP contribution in [-0.4, -0.2) is 27.3 Å². The van der Waals surface area contributed by atoms with Crippen molar-refractivity contribution in [2.75, 3.05) is 12.9 Å². The Hall–Kier alpha value is -0.920. The van der Waals surface area contributed by atoms with Gasteiger partial charge in [0.25, 0.3) is 0 Å². The molecule has 0 heterocycles. The van der Waals surface area contributed by atoms with Crippen molar-refractivity contribution in [2.45, 2.75) is 0 Å². The molecule has 0 radical (unpaired) electrons. The van der Waals surface area contributed by atoms with Gasteiger partial charge >= 0.3 is 16.1 Å². The Balaban J connectivity index is 3.92. The Morgan fingerprint density at radius 3 is 2.67 bits per heavy atom. The number of carbonyl (C=O) groups excluding carboxylic acids is 1. The molecule has 70 valence electrons. The summed E-state index contributed by atoms with van der Waals surface area (Å²) in [5, 5.41) is 2.32. The van der Waals surface area contributed by atoms with Crippen molar-refractivity contribution in [3.8, 4) is 0 Å². The van der Waals surface area contributed by atoms with E-state index in [-0.39, 0.29) is 0 Å². The summed E-state index contributed by atoms with van der Waals surface area (Å²) >= 11 is 0. The molecular formula is C5H9NO5S. The molecule has 0 amide bonds. The maximum Gasteiger partial charge on any atom is 0.366 e. The molecule has 0 saturated heterocycles. The first-order valence-electron chi connectivity index (χ1n) is 2.91. The Morgan fingerprint density at radius 2 is 2.25 bits per heavy atom. The molecule has 0 unspecified atom stereocenters. The Morgan fingerprint density at radius 1 is 1.67 bits per heavy atom. The monoisotopic (exact) mass is 195 g/mol. The molecule has 6 nitrogen and oxygen atoms in total. The summed E-state index contributed by atoms with van der Waals surface area (Å²) in [6.45, 7) is 3.04. The van der Waals surface area contributed by atoms with E-state index in [0.29, 0.717) is 0 Å². The van der Waals surface area contributed by atoms with Crippen molar-refractivity contribution in [1.29, 1.82) is 0 Å². The van der Waals surface area contributed by atoms with Crippen LogP contribution in [0.4, 0.5) is 0 Å². The van der Waals surface area contributed by atoms with Gasteiger partial charge in [0.2, 0.25) is 0 Å². The normalized spacial score (nSPS) is 10.8. The van der Waals surface area contributed by atoms with E-state index in [9.17, 15) is 13.2 Å². The average molecular weight is 195 g/mol. The van der Waals surface area contributed by atoms with Crippen molar-refractivity contribution < 1.29 is 22.4 Å². The number of nitrogens with one attached hydrogen (secondary N) is 1. The smallest absolute Gasteiger partial charge is 0.305 e.